The zero-order valence-electron chi connectivity index (χ0n) is 12.1. The summed E-state index contributed by atoms with van der Waals surface area (Å²) in [7, 11) is 3.20. The van der Waals surface area contributed by atoms with Crippen LogP contribution < -0.4 is 9.47 Å². The normalized spacial score (nSPS) is 17.2. The van der Waals surface area contributed by atoms with E-state index in [0.29, 0.717) is 23.7 Å². The molecule has 110 valence electrons. The fourth-order valence-electron chi connectivity index (χ4n) is 2.72. The van der Waals surface area contributed by atoms with Crippen molar-refractivity contribution in [3.8, 4) is 11.5 Å². The summed E-state index contributed by atoms with van der Waals surface area (Å²) in [5, 5.41) is 0. The van der Waals surface area contributed by atoms with E-state index in [1.54, 1.807) is 26.4 Å². The van der Waals surface area contributed by atoms with Gasteiger partial charge in [0.25, 0.3) is 0 Å². The quantitative estimate of drug-likeness (QED) is 0.865. The van der Waals surface area contributed by atoms with Crippen molar-refractivity contribution < 1.29 is 18.6 Å². The molecule has 2 aromatic rings. The van der Waals surface area contributed by atoms with Crippen LogP contribution in [0.5, 0.6) is 11.5 Å². The predicted molar refractivity (Wildman–Crippen MR) is 77.4 cm³/mol. The first-order valence-electron chi connectivity index (χ1n) is 6.85. The number of fused-ring (bicyclic) bond motifs is 1. The van der Waals surface area contributed by atoms with Crippen molar-refractivity contribution in [3.05, 3.63) is 58.9 Å². The molecule has 0 spiro atoms. The zero-order valence-corrected chi connectivity index (χ0v) is 12.1. The summed E-state index contributed by atoms with van der Waals surface area (Å²) in [5.74, 6) is 1.05. The Kier molecular flexibility index (Phi) is 3.80. The van der Waals surface area contributed by atoms with Gasteiger partial charge in [-0.3, -0.25) is 0 Å². The van der Waals surface area contributed by atoms with Gasteiger partial charge in [-0.1, -0.05) is 18.2 Å². The van der Waals surface area contributed by atoms with Crippen molar-refractivity contribution >= 4 is 0 Å². The second-order valence-corrected chi connectivity index (χ2v) is 4.93. The summed E-state index contributed by atoms with van der Waals surface area (Å²) in [5.41, 5.74) is 2.59. The number of rotatable bonds is 3. The summed E-state index contributed by atoms with van der Waals surface area (Å²) in [6, 6.07) is 10.5. The monoisotopic (exact) mass is 288 g/mol. The van der Waals surface area contributed by atoms with Crippen LogP contribution in [0.2, 0.25) is 0 Å². The van der Waals surface area contributed by atoms with Gasteiger partial charge in [-0.15, -0.1) is 0 Å². The van der Waals surface area contributed by atoms with E-state index < -0.39 is 6.10 Å². The zero-order chi connectivity index (χ0) is 14.8. The molecule has 1 aliphatic rings. The molecule has 0 aromatic heterocycles. The molecule has 0 bridgehead atoms. The molecule has 0 saturated heterocycles. The highest BCUT2D eigenvalue weighted by molar-refractivity contribution is 5.50. The molecule has 0 unspecified atom stereocenters. The summed E-state index contributed by atoms with van der Waals surface area (Å²) < 4.78 is 30.5. The maximum atomic E-state index is 14.1. The Hall–Kier alpha value is -2.07. The van der Waals surface area contributed by atoms with E-state index in [-0.39, 0.29) is 5.82 Å². The average molecular weight is 288 g/mol. The topological polar surface area (TPSA) is 27.7 Å². The van der Waals surface area contributed by atoms with Crippen LogP contribution in [0.4, 0.5) is 4.39 Å². The summed E-state index contributed by atoms with van der Waals surface area (Å²) in [6.07, 6.45) is 0.371. The number of hydrogen-bond donors (Lipinski definition) is 0. The molecule has 1 aliphatic heterocycles. The Bertz CT molecular complexity index is 654. The maximum Gasteiger partial charge on any atom is 0.161 e. The molecular weight excluding hydrogens is 271 g/mol. The SMILES string of the molecule is COc1cc2c(cc1OC)[C@H](c1ccccc1F)OCC2. The van der Waals surface area contributed by atoms with Crippen LogP contribution in [0, 0.1) is 5.82 Å². The largest absolute Gasteiger partial charge is 0.493 e. The molecule has 21 heavy (non-hydrogen) atoms. The van der Waals surface area contributed by atoms with Gasteiger partial charge < -0.3 is 14.2 Å². The number of hydrogen-bond acceptors (Lipinski definition) is 3. The van der Waals surface area contributed by atoms with E-state index in [1.165, 1.54) is 6.07 Å². The molecule has 1 heterocycles. The molecular formula is C17H17FO3. The molecule has 0 radical (unpaired) electrons. The Labute approximate surface area is 123 Å². The Balaban J connectivity index is 2.11. The first-order valence-corrected chi connectivity index (χ1v) is 6.85. The predicted octanol–water partition coefficient (Wildman–Crippen LogP) is 3.51. The van der Waals surface area contributed by atoms with E-state index in [2.05, 4.69) is 0 Å². The lowest BCUT2D eigenvalue weighted by atomic mass is 9.92. The molecule has 1 atom stereocenters. The molecule has 0 fully saturated rings. The van der Waals surface area contributed by atoms with E-state index in [1.807, 2.05) is 18.2 Å². The lowest BCUT2D eigenvalue weighted by Crippen LogP contribution is -2.18. The Morgan fingerprint density at radius 2 is 1.76 bits per heavy atom. The molecule has 0 N–H and O–H groups in total. The Morgan fingerprint density at radius 1 is 1.05 bits per heavy atom. The highest BCUT2D eigenvalue weighted by Crippen LogP contribution is 2.40. The average Bonchev–Trinajstić information content (AvgIpc) is 2.53. The second kappa shape index (κ2) is 5.74. The van der Waals surface area contributed by atoms with Gasteiger partial charge in [0.15, 0.2) is 11.5 Å². The lowest BCUT2D eigenvalue weighted by Gasteiger charge is -2.27. The first kappa shape index (κ1) is 13.9. The smallest absolute Gasteiger partial charge is 0.161 e. The molecule has 3 nitrogen and oxygen atoms in total. The summed E-state index contributed by atoms with van der Waals surface area (Å²) in [6.45, 7) is 0.557. The summed E-state index contributed by atoms with van der Waals surface area (Å²) >= 11 is 0. The van der Waals surface area contributed by atoms with Crippen LogP contribution in [0.25, 0.3) is 0 Å². The van der Waals surface area contributed by atoms with E-state index >= 15 is 0 Å². The highest BCUT2D eigenvalue weighted by Gasteiger charge is 2.26. The first-order chi connectivity index (χ1) is 10.2. The number of methoxy groups -OCH3 is 2. The van der Waals surface area contributed by atoms with E-state index in [0.717, 1.165) is 17.5 Å². The number of ether oxygens (including phenoxy) is 3. The molecule has 2 aromatic carbocycles. The lowest BCUT2D eigenvalue weighted by molar-refractivity contribution is 0.0671. The fraction of sp³-hybridized carbons (Fsp3) is 0.294. The minimum absolute atomic E-state index is 0.259. The van der Waals surface area contributed by atoms with Crippen molar-refractivity contribution in [2.75, 3.05) is 20.8 Å². The van der Waals surface area contributed by atoms with Crippen molar-refractivity contribution in [1.82, 2.24) is 0 Å². The van der Waals surface area contributed by atoms with Gasteiger partial charge in [0.1, 0.15) is 11.9 Å². The second-order valence-electron chi connectivity index (χ2n) is 4.93. The third kappa shape index (κ3) is 2.47. The fourth-order valence-corrected chi connectivity index (χ4v) is 2.72. The molecule has 0 saturated carbocycles. The molecule has 4 heteroatoms. The van der Waals surface area contributed by atoms with Crippen molar-refractivity contribution in [2.24, 2.45) is 0 Å². The minimum atomic E-state index is -0.408. The van der Waals surface area contributed by atoms with Crippen LogP contribution in [0.15, 0.2) is 36.4 Å². The van der Waals surface area contributed by atoms with Gasteiger partial charge in [0.05, 0.1) is 20.8 Å². The number of halogens is 1. The molecule has 0 amide bonds. The molecule has 3 rings (SSSR count). The van der Waals surface area contributed by atoms with Crippen molar-refractivity contribution in [2.45, 2.75) is 12.5 Å². The third-order valence-corrected chi connectivity index (χ3v) is 3.77. The van der Waals surface area contributed by atoms with Gasteiger partial charge >= 0.3 is 0 Å². The number of benzene rings is 2. The van der Waals surface area contributed by atoms with Crippen LogP contribution in [-0.4, -0.2) is 20.8 Å². The van der Waals surface area contributed by atoms with Crippen molar-refractivity contribution in [3.63, 3.8) is 0 Å². The minimum Gasteiger partial charge on any atom is -0.493 e. The van der Waals surface area contributed by atoms with E-state index in [9.17, 15) is 4.39 Å². The van der Waals surface area contributed by atoms with Gasteiger partial charge in [-0.25, -0.2) is 4.39 Å². The molecule has 0 aliphatic carbocycles. The van der Waals surface area contributed by atoms with Gasteiger partial charge in [-0.05, 0) is 35.7 Å². The maximum absolute atomic E-state index is 14.1. The Morgan fingerprint density at radius 3 is 2.48 bits per heavy atom. The van der Waals surface area contributed by atoms with Crippen LogP contribution in [-0.2, 0) is 11.2 Å². The van der Waals surface area contributed by atoms with Gasteiger partial charge in [0, 0.05) is 5.56 Å². The van der Waals surface area contributed by atoms with Crippen LogP contribution >= 0.6 is 0 Å². The van der Waals surface area contributed by atoms with Crippen LogP contribution in [0.1, 0.15) is 22.8 Å². The summed E-state index contributed by atoms with van der Waals surface area (Å²) in [4.78, 5) is 0. The van der Waals surface area contributed by atoms with Gasteiger partial charge in [0.2, 0.25) is 0 Å². The van der Waals surface area contributed by atoms with Gasteiger partial charge in [-0.2, -0.15) is 0 Å². The van der Waals surface area contributed by atoms with Crippen molar-refractivity contribution in [1.29, 1.82) is 0 Å². The standard InChI is InChI=1S/C17H17FO3/c1-19-15-9-11-7-8-21-17(13(11)10-16(15)20-2)12-5-3-4-6-14(12)18/h3-6,9-10,17H,7-8H2,1-2H3/t17-/m0/s1. The van der Waals surface area contributed by atoms with E-state index in [4.69, 9.17) is 14.2 Å². The van der Waals surface area contributed by atoms with Crippen LogP contribution in [0.3, 0.4) is 0 Å². The highest BCUT2D eigenvalue weighted by atomic mass is 19.1. The third-order valence-electron chi connectivity index (χ3n) is 3.77.